The third-order valence-electron chi connectivity index (χ3n) is 5.70. The Morgan fingerprint density at radius 2 is 1.33 bits per heavy atom. The molecule has 9 nitrogen and oxygen atoms in total. The highest BCUT2D eigenvalue weighted by atomic mass is 16.5. The Bertz CT molecular complexity index is 1440. The van der Waals surface area contributed by atoms with Crippen molar-refractivity contribution >= 4 is 40.8 Å². The molecule has 9 heteroatoms. The average molecular weight is 526 g/mol. The quantitative estimate of drug-likeness (QED) is 0.208. The molecule has 0 aliphatic heterocycles. The van der Waals surface area contributed by atoms with E-state index in [0.29, 0.717) is 34.7 Å². The van der Waals surface area contributed by atoms with Gasteiger partial charge in [-0.05, 0) is 74.0 Å². The van der Waals surface area contributed by atoms with Gasteiger partial charge in [-0.25, -0.2) is 4.98 Å². The number of aromatic nitrogens is 2. The van der Waals surface area contributed by atoms with Gasteiger partial charge >= 0.3 is 0 Å². The molecule has 200 valence electrons. The van der Waals surface area contributed by atoms with Crippen molar-refractivity contribution in [2.75, 3.05) is 37.3 Å². The molecule has 1 aromatic heterocycles. The minimum atomic E-state index is -0.279. The van der Waals surface area contributed by atoms with Gasteiger partial charge in [-0.3, -0.25) is 4.79 Å². The fourth-order valence-electron chi connectivity index (χ4n) is 3.79. The molecule has 0 saturated carbocycles. The van der Waals surface area contributed by atoms with Crippen molar-refractivity contribution in [1.29, 1.82) is 0 Å². The number of methoxy groups -OCH3 is 3. The van der Waals surface area contributed by atoms with Crippen molar-refractivity contribution < 1.29 is 19.0 Å². The number of benzene rings is 3. The maximum atomic E-state index is 12.5. The van der Waals surface area contributed by atoms with Crippen molar-refractivity contribution in [3.8, 4) is 17.2 Å². The summed E-state index contributed by atoms with van der Waals surface area (Å²) in [4.78, 5) is 21.6. The molecule has 1 amide bonds. The Balaban J connectivity index is 1.39. The van der Waals surface area contributed by atoms with Crippen LogP contribution in [0.15, 0.2) is 72.8 Å². The van der Waals surface area contributed by atoms with E-state index < -0.39 is 0 Å². The van der Waals surface area contributed by atoms with Gasteiger partial charge in [-0.15, -0.1) is 0 Å². The summed E-state index contributed by atoms with van der Waals surface area (Å²) in [7, 11) is 4.63. The highest BCUT2D eigenvalue weighted by Gasteiger charge is 2.12. The first kappa shape index (κ1) is 27.0. The molecule has 0 spiro atoms. The van der Waals surface area contributed by atoms with E-state index in [1.807, 2.05) is 56.3 Å². The van der Waals surface area contributed by atoms with Crippen molar-refractivity contribution in [3.05, 3.63) is 89.6 Å². The second-order valence-electron chi connectivity index (χ2n) is 8.69. The van der Waals surface area contributed by atoms with Gasteiger partial charge in [0.25, 0.3) is 0 Å². The first-order valence-corrected chi connectivity index (χ1v) is 12.2. The molecular formula is C30H31N5O4. The summed E-state index contributed by atoms with van der Waals surface area (Å²) < 4.78 is 16.1. The van der Waals surface area contributed by atoms with E-state index in [0.717, 1.165) is 22.6 Å². The fourth-order valence-corrected chi connectivity index (χ4v) is 3.79. The number of anilines is 5. The molecule has 0 unspecified atom stereocenters. The van der Waals surface area contributed by atoms with Crippen LogP contribution in [-0.2, 0) is 4.79 Å². The van der Waals surface area contributed by atoms with Gasteiger partial charge in [0.05, 0.1) is 21.3 Å². The number of amides is 1. The minimum Gasteiger partial charge on any atom is -0.493 e. The van der Waals surface area contributed by atoms with Crippen LogP contribution in [0.4, 0.5) is 28.8 Å². The number of hydrogen-bond acceptors (Lipinski definition) is 8. The predicted molar refractivity (Wildman–Crippen MR) is 155 cm³/mol. The van der Waals surface area contributed by atoms with E-state index in [4.69, 9.17) is 14.2 Å². The molecule has 39 heavy (non-hydrogen) atoms. The Morgan fingerprint density at radius 3 is 1.95 bits per heavy atom. The highest BCUT2D eigenvalue weighted by Crippen LogP contribution is 2.38. The Morgan fingerprint density at radius 1 is 0.744 bits per heavy atom. The lowest BCUT2D eigenvalue weighted by molar-refractivity contribution is -0.111. The van der Waals surface area contributed by atoms with Crippen molar-refractivity contribution in [1.82, 2.24) is 9.97 Å². The Kier molecular flexibility index (Phi) is 8.63. The number of ether oxygens (including phenoxy) is 3. The Labute approximate surface area is 227 Å². The van der Waals surface area contributed by atoms with Gasteiger partial charge in [0.15, 0.2) is 11.5 Å². The zero-order valence-corrected chi connectivity index (χ0v) is 22.5. The zero-order chi connectivity index (χ0) is 27.8. The lowest BCUT2D eigenvalue weighted by Crippen LogP contribution is -2.07. The number of carbonyl (C=O) groups is 1. The molecule has 0 aliphatic carbocycles. The van der Waals surface area contributed by atoms with Crippen LogP contribution in [0, 0.1) is 13.8 Å². The number of carbonyl (C=O) groups excluding carboxylic acids is 1. The van der Waals surface area contributed by atoms with Crippen molar-refractivity contribution in [2.45, 2.75) is 13.8 Å². The molecule has 0 fully saturated rings. The van der Waals surface area contributed by atoms with Crippen LogP contribution in [0.25, 0.3) is 6.08 Å². The van der Waals surface area contributed by atoms with E-state index in [1.165, 1.54) is 11.6 Å². The van der Waals surface area contributed by atoms with Crippen molar-refractivity contribution in [3.63, 3.8) is 0 Å². The van der Waals surface area contributed by atoms with Crippen LogP contribution in [-0.4, -0.2) is 37.2 Å². The third kappa shape index (κ3) is 7.26. The molecule has 4 aromatic rings. The van der Waals surface area contributed by atoms with Gasteiger partial charge in [-0.1, -0.05) is 17.7 Å². The second-order valence-corrected chi connectivity index (χ2v) is 8.69. The molecule has 0 bridgehead atoms. The smallest absolute Gasteiger partial charge is 0.248 e. The molecule has 0 saturated heterocycles. The van der Waals surface area contributed by atoms with Gasteiger partial charge in [0, 0.05) is 34.9 Å². The van der Waals surface area contributed by atoms with Gasteiger partial charge in [-0.2, -0.15) is 4.98 Å². The van der Waals surface area contributed by atoms with E-state index in [1.54, 1.807) is 51.7 Å². The molecule has 0 aliphatic rings. The van der Waals surface area contributed by atoms with Crippen LogP contribution in [0.3, 0.4) is 0 Å². The predicted octanol–water partition coefficient (Wildman–Crippen LogP) is 6.26. The topological polar surface area (TPSA) is 107 Å². The second kappa shape index (κ2) is 12.5. The zero-order valence-electron chi connectivity index (χ0n) is 22.5. The summed E-state index contributed by atoms with van der Waals surface area (Å²) in [6.07, 6.45) is 3.11. The lowest BCUT2D eigenvalue weighted by Gasteiger charge is -2.12. The standard InChI is InChI=1S/C30H31N5O4/c1-19-6-9-22(10-7-19)32-27-16-20(2)31-30(35-27)34-24-13-11-23(12-14-24)33-28(36)15-8-21-17-25(37-3)29(39-5)26(18-21)38-4/h6-18H,1-5H3,(H,33,36)(H2,31,32,34,35)/b15-8+. The van der Waals surface area contributed by atoms with E-state index in [9.17, 15) is 4.79 Å². The largest absolute Gasteiger partial charge is 0.493 e. The molecule has 1 heterocycles. The van der Waals surface area contributed by atoms with Gasteiger partial charge in [0.1, 0.15) is 5.82 Å². The number of aryl methyl sites for hydroxylation is 2. The highest BCUT2D eigenvalue weighted by molar-refractivity contribution is 6.02. The summed E-state index contributed by atoms with van der Waals surface area (Å²) in [6, 6.07) is 20.8. The molecule has 0 atom stereocenters. The first-order chi connectivity index (χ1) is 18.9. The summed E-state index contributed by atoms with van der Waals surface area (Å²) >= 11 is 0. The van der Waals surface area contributed by atoms with Gasteiger partial charge < -0.3 is 30.2 Å². The SMILES string of the molecule is COc1cc(/C=C/C(=O)Nc2ccc(Nc3nc(C)cc(Nc4ccc(C)cc4)n3)cc2)cc(OC)c1OC. The molecule has 3 N–H and O–H groups in total. The summed E-state index contributed by atoms with van der Waals surface area (Å²) in [5.41, 5.74) is 5.12. The van der Waals surface area contributed by atoms with E-state index in [2.05, 4.69) is 25.9 Å². The fraction of sp³-hybridized carbons (Fsp3) is 0.167. The number of hydrogen-bond donors (Lipinski definition) is 3. The molecule has 3 aromatic carbocycles. The van der Waals surface area contributed by atoms with Crippen LogP contribution < -0.4 is 30.2 Å². The van der Waals surface area contributed by atoms with Crippen LogP contribution in [0.2, 0.25) is 0 Å². The molecule has 0 radical (unpaired) electrons. The average Bonchev–Trinajstić information content (AvgIpc) is 2.93. The maximum Gasteiger partial charge on any atom is 0.248 e. The monoisotopic (exact) mass is 525 g/mol. The lowest BCUT2D eigenvalue weighted by atomic mass is 10.1. The van der Waals surface area contributed by atoms with Gasteiger partial charge in [0.2, 0.25) is 17.6 Å². The number of nitrogens with one attached hydrogen (secondary N) is 3. The third-order valence-corrected chi connectivity index (χ3v) is 5.70. The number of nitrogens with zero attached hydrogens (tertiary/aromatic N) is 2. The van der Waals surface area contributed by atoms with E-state index in [-0.39, 0.29) is 5.91 Å². The Hall–Kier alpha value is -5.05. The normalized spacial score (nSPS) is 10.7. The molecular weight excluding hydrogens is 494 g/mol. The first-order valence-electron chi connectivity index (χ1n) is 12.2. The maximum absolute atomic E-state index is 12.5. The van der Waals surface area contributed by atoms with Crippen molar-refractivity contribution in [2.24, 2.45) is 0 Å². The summed E-state index contributed by atoms with van der Waals surface area (Å²) in [5.74, 6) is 2.39. The van der Waals surface area contributed by atoms with Crippen LogP contribution in [0.5, 0.6) is 17.2 Å². The van der Waals surface area contributed by atoms with Crippen LogP contribution in [0.1, 0.15) is 16.8 Å². The minimum absolute atomic E-state index is 0.279. The summed E-state index contributed by atoms with van der Waals surface area (Å²) in [6.45, 7) is 3.96. The van der Waals surface area contributed by atoms with Crippen LogP contribution >= 0.6 is 0 Å². The van der Waals surface area contributed by atoms with E-state index >= 15 is 0 Å². The molecule has 4 rings (SSSR count). The summed E-state index contributed by atoms with van der Waals surface area (Å²) in [5, 5.41) is 9.37. The number of rotatable bonds is 10.